The van der Waals surface area contributed by atoms with E-state index in [2.05, 4.69) is 42.0 Å². The summed E-state index contributed by atoms with van der Waals surface area (Å²) >= 11 is 3.45. The maximum atomic E-state index is 12.3. The Labute approximate surface area is 189 Å². The van der Waals surface area contributed by atoms with Gasteiger partial charge in [0.15, 0.2) is 5.60 Å². The zero-order chi connectivity index (χ0) is 22.0. The van der Waals surface area contributed by atoms with Crippen molar-refractivity contribution >= 4 is 33.6 Å². The molecule has 1 aromatic carbocycles. The van der Waals surface area contributed by atoms with Gasteiger partial charge < -0.3 is 10.1 Å². The van der Waals surface area contributed by atoms with Gasteiger partial charge in [0.05, 0.1) is 0 Å². The van der Waals surface area contributed by atoms with Gasteiger partial charge in [-0.1, -0.05) is 28.1 Å². The molecule has 2 aromatic rings. The van der Waals surface area contributed by atoms with E-state index in [0.717, 1.165) is 40.7 Å². The second kappa shape index (κ2) is 8.82. The first-order valence-electron chi connectivity index (χ1n) is 10.5. The van der Waals surface area contributed by atoms with Crippen LogP contribution in [0.1, 0.15) is 60.8 Å². The molecule has 164 valence electrons. The van der Waals surface area contributed by atoms with Gasteiger partial charge in [-0.15, -0.1) is 0 Å². The SMILES string of the molecule is Cc1cc(C(=O)N[C@@H](C)CC2CCC3(CC2)OC(=O)NN=C3c2ccc(Br)cc2)n[nH]1. The third-order valence-electron chi connectivity index (χ3n) is 6.01. The third-order valence-corrected chi connectivity index (χ3v) is 6.54. The summed E-state index contributed by atoms with van der Waals surface area (Å²) in [6, 6.07) is 9.63. The molecule has 1 spiro atoms. The molecule has 1 fully saturated rings. The maximum Gasteiger partial charge on any atom is 0.428 e. The summed E-state index contributed by atoms with van der Waals surface area (Å²) in [6.07, 6.45) is 3.56. The first kappa shape index (κ1) is 21.5. The lowest BCUT2D eigenvalue weighted by molar-refractivity contribution is 0.0154. The summed E-state index contributed by atoms with van der Waals surface area (Å²) < 4.78 is 6.80. The standard InChI is InChI=1S/C22H26BrN5O3/c1-13(24-20(29)18-12-14(2)25-26-18)11-15-7-9-22(10-8-15)19(27-28-21(30)31-22)16-3-5-17(23)6-4-16/h3-6,12-13,15H,7-11H2,1-2H3,(H,24,29)(H,25,26)(H,28,30)/t13-,15?,22?/m0/s1. The van der Waals surface area contributed by atoms with Crippen LogP contribution in [-0.4, -0.2) is 39.6 Å². The molecule has 2 heterocycles. The number of benzene rings is 1. The molecule has 0 unspecified atom stereocenters. The number of hydrogen-bond acceptors (Lipinski definition) is 5. The fraction of sp³-hybridized carbons (Fsp3) is 0.455. The average molecular weight is 488 g/mol. The molecule has 1 aromatic heterocycles. The number of carbonyl (C=O) groups is 2. The number of ether oxygens (including phenoxy) is 1. The van der Waals surface area contributed by atoms with Crippen molar-refractivity contribution in [2.45, 2.75) is 57.6 Å². The number of aromatic nitrogens is 2. The third kappa shape index (κ3) is 4.81. The van der Waals surface area contributed by atoms with Crippen LogP contribution in [-0.2, 0) is 4.74 Å². The highest BCUT2D eigenvalue weighted by Gasteiger charge is 2.46. The molecule has 1 saturated carbocycles. The molecule has 1 atom stereocenters. The monoisotopic (exact) mass is 487 g/mol. The van der Waals surface area contributed by atoms with Gasteiger partial charge in [0.2, 0.25) is 0 Å². The second-order valence-corrected chi connectivity index (χ2v) is 9.37. The number of aryl methyl sites for hydroxylation is 1. The summed E-state index contributed by atoms with van der Waals surface area (Å²) in [6.45, 7) is 3.88. The van der Waals surface area contributed by atoms with Crippen LogP contribution in [0.5, 0.6) is 0 Å². The lowest BCUT2D eigenvalue weighted by Gasteiger charge is -2.42. The molecule has 31 heavy (non-hydrogen) atoms. The number of hydrazone groups is 1. The highest BCUT2D eigenvalue weighted by atomic mass is 79.9. The Hall–Kier alpha value is -2.68. The number of amides is 2. The van der Waals surface area contributed by atoms with E-state index in [0.29, 0.717) is 24.5 Å². The van der Waals surface area contributed by atoms with Crippen molar-refractivity contribution in [3.05, 3.63) is 51.8 Å². The Bertz CT molecular complexity index is 993. The van der Waals surface area contributed by atoms with Crippen LogP contribution >= 0.6 is 15.9 Å². The molecule has 1 aliphatic heterocycles. The van der Waals surface area contributed by atoms with Gasteiger partial charge >= 0.3 is 6.09 Å². The first-order valence-corrected chi connectivity index (χ1v) is 11.3. The lowest BCUT2D eigenvalue weighted by Crippen LogP contribution is -2.52. The van der Waals surface area contributed by atoms with Gasteiger partial charge in [0, 0.05) is 21.8 Å². The molecule has 3 N–H and O–H groups in total. The van der Waals surface area contributed by atoms with Crippen molar-refractivity contribution in [1.82, 2.24) is 20.9 Å². The van der Waals surface area contributed by atoms with E-state index in [-0.39, 0.29) is 11.9 Å². The number of nitrogens with zero attached hydrogens (tertiary/aromatic N) is 2. The molecule has 0 bridgehead atoms. The largest absolute Gasteiger partial charge is 0.435 e. The molecular formula is C22H26BrN5O3. The van der Waals surface area contributed by atoms with Crippen molar-refractivity contribution in [2.75, 3.05) is 0 Å². The van der Waals surface area contributed by atoms with E-state index >= 15 is 0 Å². The Balaban J connectivity index is 1.38. The topological polar surface area (TPSA) is 108 Å². The van der Waals surface area contributed by atoms with Gasteiger partial charge in [0.25, 0.3) is 5.91 Å². The summed E-state index contributed by atoms with van der Waals surface area (Å²) in [5.41, 5.74) is 4.73. The second-order valence-electron chi connectivity index (χ2n) is 8.45. The predicted molar refractivity (Wildman–Crippen MR) is 120 cm³/mol. The molecule has 1 aliphatic carbocycles. The fourth-order valence-electron chi connectivity index (χ4n) is 4.50. The maximum absolute atomic E-state index is 12.3. The highest BCUT2D eigenvalue weighted by Crippen LogP contribution is 2.40. The summed E-state index contributed by atoms with van der Waals surface area (Å²) in [5.74, 6) is 0.266. The molecular weight excluding hydrogens is 462 g/mol. The molecule has 0 saturated heterocycles. The summed E-state index contributed by atoms with van der Waals surface area (Å²) in [7, 11) is 0. The minimum atomic E-state index is -0.703. The van der Waals surface area contributed by atoms with Crippen LogP contribution in [0.3, 0.4) is 0 Å². The predicted octanol–water partition coefficient (Wildman–Crippen LogP) is 4.06. The lowest BCUT2D eigenvalue weighted by atomic mass is 9.73. The summed E-state index contributed by atoms with van der Waals surface area (Å²) in [5, 5.41) is 14.2. The number of H-pyrrole nitrogens is 1. The van der Waals surface area contributed by atoms with E-state index in [1.807, 2.05) is 38.1 Å². The molecule has 4 rings (SSSR count). The summed E-state index contributed by atoms with van der Waals surface area (Å²) in [4.78, 5) is 24.3. The Morgan fingerprint density at radius 3 is 2.68 bits per heavy atom. The Kier molecular flexibility index (Phi) is 6.13. The minimum absolute atomic E-state index is 0.0266. The van der Waals surface area contributed by atoms with E-state index in [1.165, 1.54) is 0 Å². The van der Waals surface area contributed by atoms with Crippen molar-refractivity contribution in [1.29, 1.82) is 0 Å². The van der Waals surface area contributed by atoms with Crippen LogP contribution in [0.25, 0.3) is 0 Å². The van der Waals surface area contributed by atoms with Crippen LogP contribution in [0.15, 0.2) is 39.9 Å². The van der Waals surface area contributed by atoms with E-state index in [9.17, 15) is 9.59 Å². The average Bonchev–Trinajstić information content (AvgIpc) is 3.17. The quantitative estimate of drug-likeness (QED) is 0.590. The van der Waals surface area contributed by atoms with Crippen molar-refractivity contribution in [3.63, 3.8) is 0 Å². The van der Waals surface area contributed by atoms with Crippen molar-refractivity contribution < 1.29 is 14.3 Å². The van der Waals surface area contributed by atoms with Crippen LogP contribution in [0.2, 0.25) is 0 Å². The molecule has 8 nitrogen and oxygen atoms in total. The van der Waals surface area contributed by atoms with E-state index < -0.39 is 11.7 Å². The molecule has 9 heteroatoms. The smallest absolute Gasteiger partial charge is 0.428 e. The van der Waals surface area contributed by atoms with Gasteiger partial charge in [-0.3, -0.25) is 9.89 Å². The number of carbonyl (C=O) groups excluding carboxylic acids is 2. The van der Waals surface area contributed by atoms with Crippen LogP contribution in [0.4, 0.5) is 4.79 Å². The first-order chi connectivity index (χ1) is 14.8. The van der Waals surface area contributed by atoms with E-state index in [1.54, 1.807) is 6.07 Å². The minimum Gasteiger partial charge on any atom is -0.435 e. The zero-order valence-electron chi connectivity index (χ0n) is 17.6. The number of rotatable bonds is 5. The van der Waals surface area contributed by atoms with Gasteiger partial charge in [0.1, 0.15) is 11.4 Å². The van der Waals surface area contributed by atoms with Crippen LogP contribution in [0, 0.1) is 12.8 Å². The number of nitrogens with one attached hydrogen (secondary N) is 3. The zero-order valence-corrected chi connectivity index (χ0v) is 19.2. The van der Waals surface area contributed by atoms with Gasteiger partial charge in [-0.05, 0) is 70.1 Å². The Morgan fingerprint density at radius 2 is 2.03 bits per heavy atom. The normalized spacial score (nSPS) is 24.2. The van der Waals surface area contributed by atoms with Crippen molar-refractivity contribution in [2.24, 2.45) is 11.0 Å². The van der Waals surface area contributed by atoms with E-state index in [4.69, 9.17) is 4.74 Å². The van der Waals surface area contributed by atoms with Crippen molar-refractivity contribution in [3.8, 4) is 0 Å². The Morgan fingerprint density at radius 1 is 1.32 bits per heavy atom. The molecule has 2 amide bonds. The molecule has 2 aliphatic rings. The highest BCUT2D eigenvalue weighted by molar-refractivity contribution is 9.10. The number of aromatic amines is 1. The number of halogens is 1. The molecule has 0 radical (unpaired) electrons. The fourth-order valence-corrected chi connectivity index (χ4v) is 4.76. The van der Waals surface area contributed by atoms with Gasteiger partial charge in [-0.2, -0.15) is 10.2 Å². The number of hydrogen-bond donors (Lipinski definition) is 3. The van der Waals surface area contributed by atoms with Crippen LogP contribution < -0.4 is 10.7 Å². The van der Waals surface area contributed by atoms with Gasteiger partial charge in [-0.25, -0.2) is 10.2 Å².